The molecule has 0 aliphatic carbocycles. The highest BCUT2D eigenvalue weighted by molar-refractivity contribution is 6.05. The lowest BCUT2D eigenvalue weighted by molar-refractivity contribution is -0.123. The van der Waals surface area contributed by atoms with Crippen LogP contribution in [0.15, 0.2) is 57.7 Å². The second-order valence-electron chi connectivity index (χ2n) is 7.40. The molecule has 0 unspecified atom stereocenters. The van der Waals surface area contributed by atoms with E-state index < -0.39 is 0 Å². The monoisotopic (exact) mass is 390 g/mol. The fraction of sp³-hybridized carbons (Fsp3) is 0.261. The summed E-state index contributed by atoms with van der Waals surface area (Å²) in [6, 6.07) is 14.4. The molecule has 29 heavy (non-hydrogen) atoms. The van der Waals surface area contributed by atoms with Crippen molar-refractivity contribution in [2.75, 3.05) is 13.1 Å². The Labute approximate surface area is 167 Å². The van der Waals surface area contributed by atoms with Crippen molar-refractivity contribution < 1.29 is 14.0 Å². The van der Waals surface area contributed by atoms with Gasteiger partial charge in [0, 0.05) is 30.1 Å². The van der Waals surface area contributed by atoms with E-state index >= 15 is 0 Å². The van der Waals surface area contributed by atoms with Crippen molar-refractivity contribution in [3.8, 4) is 11.3 Å². The first-order valence-corrected chi connectivity index (χ1v) is 9.68. The van der Waals surface area contributed by atoms with Crippen molar-refractivity contribution in [3.63, 3.8) is 0 Å². The van der Waals surface area contributed by atoms with Gasteiger partial charge in [-0.1, -0.05) is 36.4 Å². The first kappa shape index (κ1) is 18.9. The molecule has 2 heterocycles. The summed E-state index contributed by atoms with van der Waals surface area (Å²) < 4.78 is 6.14. The van der Waals surface area contributed by atoms with Crippen LogP contribution in [0.4, 0.5) is 0 Å². The van der Waals surface area contributed by atoms with E-state index in [4.69, 9.17) is 10.2 Å². The number of fused-ring (bicyclic) bond motifs is 1. The van der Waals surface area contributed by atoms with Crippen LogP contribution < -0.4 is 11.2 Å². The number of nitrogens with two attached hydrogens (primary N) is 1. The summed E-state index contributed by atoms with van der Waals surface area (Å²) in [7, 11) is 0. The van der Waals surface area contributed by atoms with Gasteiger partial charge in [-0.15, -0.1) is 0 Å². The molecule has 0 spiro atoms. The van der Waals surface area contributed by atoms with Gasteiger partial charge in [0.25, 0.3) is 5.91 Å². The fourth-order valence-electron chi connectivity index (χ4n) is 3.88. The maximum atomic E-state index is 13.2. The van der Waals surface area contributed by atoms with Crippen LogP contribution in [0.5, 0.6) is 0 Å². The van der Waals surface area contributed by atoms with Gasteiger partial charge in [-0.2, -0.15) is 0 Å². The third-order valence-electron chi connectivity index (χ3n) is 5.60. The second kappa shape index (κ2) is 7.54. The first-order valence-electron chi connectivity index (χ1n) is 9.68. The number of amides is 2. The average molecular weight is 390 g/mol. The van der Waals surface area contributed by atoms with E-state index in [1.165, 1.54) is 0 Å². The first-order chi connectivity index (χ1) is 14.0. The smallest absolute Gasteiger partial charge is 0.257 e. The van der Waals surface area contributed by atoms with Gasteiger partial charge in [0.05, 0.1) is 10.9 Å². The normalized spacial score (nSPS) is 14.9. The summed E-state index contributed by atoms with van der Waals surface area (Å²) in [6.45, 7) is 2.63. The third-order valence-corrected chi connectivity index (χ3v) is 5.60. The molecule has 1 saturated heterocycles. The van der Waals surface area contributed by atoms with Crippen molar-refractivity contribution in [1.82, 2.24) is 4.90 Å². The summed E-state index contributed by atoms with van der Waals surface area (Å²) in [6.07, 6.45) is 1.09. The van der Waals surface area contributed by atoms with Crippen LogP contribution in [0.3, 0.4) is 0 Å². The Morgan fingerprint density at radius 3 is 2.38 bits per heavy atom. The Morgan fingerprint density at radius 2 is 1.72 bits per heavy atom. The average Bonchev–Trinajstić information content (AvgIpc) is 2.76. The minimum atomic E-state index is -0.323. The molecule has 1 aliphatic rings. The van der Waals surface area contributed by atoms with Gasteiger partial charge in [0.15, 0.2) is 11.0 Å². The topological polar surface area (TPSA) is 93.6 Å². The second-order valence-corrected chi connectivity index (χ2v) is 7.40. The quantitative estimate of drug-likeness (QED) is 0.744. The number of primary amides is 1. The number of piperidine rings is 1. The molecule has 0 bridgehead atoms. The molecular weight excluding hydrogens is 368 g/mol. The minimum absolute atomic E-state index is 0.146. The Hall–Kier alpha value is -3.41. The number of benzene rings is 2. The molecule has 2 N–H and O–H groups in total. The summed E-state index contributed by atoms with van der Waals surface area (Å²) in [5, 5.41) is 0.389. The lowest BCUT2D eigenvalue weighted by Gasteiger charge is -2.30. The molecule has 148 valence electrons. The van der Waals surface area contributed by atoms with Crippen molar-refractivity contribution in [2.24, 2.45) is 11.7 Å². The predicted molar refractivity (Wildman–Crippen MR) is 110 cm³/mol. The maximum absolute atomic E-state index is 13.2. The lowest BCUT2D eigenvalue weighted by atomic mass is 9.95. The van der Waals surface area contributed by atoms with Crippen LogP contribution in [0.25, 0.3) is 22.3 Å². The number of carbonyl (C=O) groups excluding carboxylic acids is 2. The molecule has 0 saturated carbocycles. The van der Waals surface area contributed by atoms with Gasteiger partial charge in [-0.3, -0.25) is 14.4 Å². The number of para-hydroxylation sites is 1. The number of hydrogen-bond donors (Lipinski definition) is 1. The van der Waals surface area contributed by atoms with Crippen LogP contribution >= 0.6 is 0 Å². The highest BCUT2D eigenvalue weighted by Gasteiger charge is 2.28. The molecule has 6 nitrogen and oxygen atoms in total. The van der Waals surface area contributed by atoms with Crippen LogP contribution in [0.1, 0.15) is 28.8 Å². The van der Waals surface area contributed by atoms with Crippen molar-refractivity contribution in [3.05, 3.63) is 69.9 Å². The highest BCUT2D eigenvalue weighted by atomic mass is 16.3. The van der Waals surface area contributed by atoms with Crippen LogP contribution in [0, 0.1) is 12.8 Å². The molecule has 4 rings (SSSR count). The molecule has 6 heteroatoms. The van der Waals surface area contributed by atoms with E-state index in [2.05, 4.69) is 0 Å². The largest absolute Gasteiger partial charge is 0.455 e. The number of carbonyl (C=O) groups is 2. The highest BCUT2D eigenvalue weighted by Crippen LogP contribution is 2.28. The van der Waals surface area contributed by atoms with E-state index in [1.807, 2.05) is 30.3 Å². The Bertz CT molecular complexity index is 1140. The van der Waals surface area contributed by atoms with Gasteiger partial charge in [-0.25, -0.2) is 0 Å². The zero-order valence-electron chi connectivity index (χ0n) is 16.2. The molecule has 1 fully saturated rings. The molecule has 1 aromatic heterocycles. The number of nitrogens with zero attached hydrogens (tertiary/aromatic N) is 1. The van der Waals surface area contributed by atoms with Crippen molar-refractivity contribution in [2.45, 2.75) is 19.8 Å². The molecule has 1 aliphatic heterocycles. The number of rotatable bonds is 3. The number of hydrogen-bond acceptors (Lipinski definition) is 4. The standard InChI is InChI=1S/C23H22N2O4/c1-14-19(26)17-8-5-9-18(21(17)29-20(14)15-6-3-2-4-7-15)23(28)25-12-10-16(11-13-25)22(24)27/h2-9,16H,10-13H2,1H3,(H2,24,27). The molecule has 3 aromatic rings. The van der Waals surface area contributed by atoms with E-state index in [9.17, 15) is 14.4 Å². The number of likely N-dealkylation sites (tertiary alicyclic amines) is 1. The van der Waals surface area contributed by atoms with E-state index in [1.54, 1.807) is 30.0 Å². The van der Waals surface area contributed by atoms with Gasteiger partial charge in [0.2, 0.25) is 5.91 Å². The Morgan fingerprint density at radius 1 is 1.03 bits per heavy atom. The molecule has 2 amide bonds. The zero-order valence-corrected chi connectivity index (χ0v) is 16.2. The van der Waals surface area contributed by atoms with Gasteiger partial charge in [-0.05, 0) is 31.9 Å². The summed E-state index contributed by atoms with van der Waals surface area (Å²) in [5.41, 5.74) is 7.19. The van der Waals surface area contributed by atoms with Crippen LogP contribution in [0.2, 0.25) is 0 Å². The molecule has 0 atom stereocenters. The molecule has 2 aromatic carbocycles. The van der Waals surface area contributed by atoms with Crippen LogP contribution in [-0.4, -0.2) is 29.8 Å². The minimum Gasteiger partial charge on any atom is -0.455 e. The van der Waals surface area contributed by atoms with Gasteiger partial charge >= 0.3 is 0 Å². The van der Waals surface area contributed by atoms with Crippen LogP contribution in [-0.2, 0) is 4.79 Å². The lowest BCUT2D eigenvalue weighted by Crippen LogP contribution is -2.41. The summed E-state index contributed by atoms with van der Waals surface area (Å²) in [4.78, 5) is 39.2. The summed E-state index contributed by atoms with van der Waals surface area (Å²) >= 11 is 0. The third kappa shape index (κ3) is 3.42. The molecule has 0 radical (unpaired) electrons. The van der Waals surface area contributed by atoms with Crippen molar-refractivity contribution in [1.29, 1.82) is 0 Å². The predicted octanol–water partition coefficient (Wildman–Crippen LogP) is 3.11. The van der Waals surface area contributed by atoms with E-state index in [-0.39, 0.29) is 23.2 Å². The molecular formula is C23H22N2O4. The summed E-state index contributed by atoms with van der Waals surface area (Å²) in [5.74, 6) is -0.256. The Kier molecular flexibility index (Phi) is 4.92. The zero-order chi connectivity index (χ0) is 20.5. The SMILES string of the molecule is Cc1c(-c2ccccc2)oc2c(C(=O)N3CCC(C(N)=O)CC3)cccc2c1=O. The van der Waals surface area contributed by atoms with Gasteiger partial charge < -0.3 is 15.1 Å². The maximum Gasteiger partial charge on any atom is 0.257 e. The van der Waals surface area contributed by atoms with E-state index in [0.717, 1.165) is 5.56 Å². The fourth-order valence-corrected chi connectivity index (χ4v) is 3.88. The Balaban J connectivity index is 1.78. The van der Waals surface area contributed by atoms with E-state index in [0.29, 0.717) is 53.8 Å². The van der Waals surface area contributed by atoms with Crippen molar-refractivity contribution >= 4 is 22.8 Å². The van der Waals surface area contributed by atoms with Gasteiger partial charge in [0.1, 0.15) is 5.76 Å².